The van der Waals surface area contributed by atoms with Gasteiger partial charge in [-0.2, -0.15) is 0 Å². The predicted octanol–water partition coefficient (Wildman–Crippen LogP) is 3.40. The Morgan fingerprint density at radius 3 is 2.65 bits per heavy atom. The van der Waals surface area contributed by atoms with E-state index in [4.69, 9.17) is 11.6 Å². The third-order valence-corrected chi connectivity index (χ3v) is 3.91. The minimum absolute atomic E-state index is 0.124. The Morgan fingerprint density at radius 2 is 2.10 bits per heavy atom. The third-order valence-electron chi connectivity index (χ3n) is 2.94. The Balaban J connectivity index is 1.90. The van der Waals surface area contributed by atoms with Crippen LogP contribution in [-0.2, 0) is 11.2 Å². The van der Waals surface area contributed by atoms with Crippen molar-refractivity contribution in [1.29, 1.82) is 0 Å². The van der Waals surface area contributed by atoms with E-state index in [-0.39, 0.29) is 5.91 Å². The van der Waals surface area contributed by atoms with Crippen LogP contribution in [0.1, 0.15) is 17.5 Å². The molecule has 20 heavy (non-hydrogen) atoms. The lowest BCUT2D eigenvalue weighted by Crippen LogP contribution is -2.31. The summed E-state index contributed by atoms with van der Waals surface area (Å²) in [6.45, 7) is 4.27. The molecular weight excluding hydrogens is 292 g/mol. The maximum Gasteiger partial charge on any atom is 0.237 e. The molecule has 1 aromatic heterocycles. The van der Waals surface area contributed by atoms with Crippen LogP contribution in [0.5, 0.6) is 0 Å². The monoisotopic (exact) mass is 308 g/mol. The third kappa shape index (κ3) is 4.05. The molecular formula is C15H17ClN2OS. The number of aromatic nitrogens is 1. The van der Waals surface area contributed by atoms with Crippen LogP contribution in [0.15, 0.2) is 29.6 Å². The molecule has 1 aromatic carbocycles. The zero-order valence-electron chi connectivity index (χ0n) is 11.5. The number of halogens is 1. The van der Waals surface area contributed by atoms with Gasteiger partial charge in [0.05, 0.1) is 10.7 Å². The largest absolute Gasteiger partial charge is 0.354 e. The van der Waals surface area contributed by atoms with E-state index in [1.807, 2.05) is 6.92 Å². The van der Waals surface area contributed by atoms with Crippen molar-refractivity contribution in [2.75, 3.05) is 6.54 Å². The first kappa shape index (κ1) is 15.0. The van der Waals surface area contributed by atoms with E-state index < -0.39 is 5.38 Å². The lowest BCUT2D eigenvalue weighted by molar-refractivity contribution is -0.120. The molecule has 0 fully saturated rings. The first-order valence-corrected chi connectivity index (χ1v) is 7.81. The Labute approximate surface area is 128 Å². The van der Waals surface area contributed by atoms with E-state index in [1.54, 1.807) is 18.3 Å². The number of hydrogen-bond donors (Lipinski definition) is 1. The van der Waals surface area contributed by atoms with Crippen molar-refractivity contribution in [3.63, 3.8) is 0 Å². The Kier molecular flexibility index (Phi) is 5.15. The van der Waals surface area contributed by atoms with Crippen LogP contribution in [-0.4, -0.2) is 22.8 Å². The van der Waals surface area contributed by atoms with Gasteiger partial charge in [0, 0.05) is 17.5 Å². The molecule has 1 heterocycles. The molecule has 0 aliphatic carbocycles. The molecule has 0 aliphatic heterocycles. The van der Waals surface area contributed by atoms with E-state index in [1.165, 1.54) is 5.56 Å². The minimum Gasteiger partial charge on any atom is -0.354 e. The molecule has 1 unspecified atom stereocenters. The molecule has 0 radical (unpaired) electrons. The SMILES string of the molecule is Cc1nc(-c2ccc(CCNC(=O)C(C)Cl)cc2)cs1. The van der Waals surface area contributed by atoms with Crippen molar-refractivity contribution in [2.24, 2.45) is 0 Å². The van der Waals surface area contributed by atoms with Crippen molar-refractivity contribution >= 4 is 28.8 Å². The molecule has 1 N–H and O–H groups in total. The summed E-state index contributed by atoms with van der Waals surface area (Å²) in [5.41, 5.74) is 3.32. The van der Waals surface area contributed by atoms with Crippen LogP contribution in [0.2, 0.25) is 0 Å². The Hall–Kier alpha value is -1.39. The van der Waals surface area contributed by atoms with Gasteiger partial charge >= 0.3 is 0 Å². The first-order valence-electron chi connectivity index (χ1n) is 6.49. The van der Waals surface area contributed by atoms with Gasteiger partial charge in [-0.3, -0.25) is 4.79 Å². The molecule has 106 valence electrons. The molecule has 2 rings (SSSR count). The number of thiazole rings is 1. The van der Waals surface area contributed by atoms with Crippen molar-refractivity contribution in [2.45, 2.75) is 25.6 Å². The standard InChI is InChI=1S/C15H17ClN2OS/c1-10(16)15(19)17-8-7-12-3-5-13(6-4-12)14-9-20-11(2)18-14/h3-6,9-10H,7-8H2,1-2H3,(H,17,19). The Bertz CT molecular complexity index is 578. The molecule has 0 saturated heterocycles. The molecule has 3 nitrogen and oxygen atoms in total. The van der Waals surface area contributed by atoms with Gasteiger partial charge in [0.25, 0.3) is 0 Å². The summed E-state index contributed by atoms with van der Waals surface area (Å²) in [5.74, 6) is -0.124. The highest BCUT2D eigenvalue weighted by Crippen LogP contribution is 2.21. The van der Waals surface area contributed by atoms with Gasteiger partial charge in [0.2, 0.25) is 5.91 Å². The van der Waals surface area contributed by atoms with Gasteiger partial charge in [-0.25, -0.2) is 4.98 Å². The molecule has 5 heteroatoms. The van der Waals surface area contributed by atoms with Crippen molar-refractivity contribution in [3.05, 3.63) is 40.2 Å². The molecule has 1 amide bonds. The number of hydrogen-bond acceptors (Lipinski definition) is 3. The number of carbonyl (C=O) groups excluding carboxylic acids is 1. The number of nitrogens with one attached hydrogen (secondary N) is 1. The summed E-state index contributed by atoms with van der Waals surface area (Å²) in [6.07, 6.45) is 0.797. The normalized spacial score (nSPS) is 12.2. The topological polar surface area (TPSA) is 42.0 Å². The Morgan fingerprint density at radius 1 is 1.40 bits per heavy atom. The number of amides is 1. The van der Waals surface area contributed by atoms with Gasteiger partial charge in [-0.05, 0) is 25.8 Å². The fourth-order valence-corrected chi connectivity index (χ4v) is 2.51. The molecule has 2 aromatic rings. The second-order valence-corrected chi connectivity index (χ2v) is 6.32. The van der Waals surface area contributed by atoms with Crippen molar-refractivity contribution in [3.8, 4) is 11.3 Å². The van der Waals surface area contributed by atoms with Crippen LogP contribution < -0.4 is 5.32 Å². The van der Waals surface area contributed by atoms with Crippen LogP contribution in [0.25, 0.3) is 11.3 Å². The number of carbonyl (C=O) groups is 1. The van der Waals surface area contributed by atoms with Crippen LogP contribution >= 0.6 is 22.9 Å². The maximum atomic E-state index is 11.3. The number of nitrogens with zero attached hydrogens (tertiary/aromatic N) is 1. The molecule has 1 atom stereocenters. The van der Waals surface area contributed by atoms with Crippen LogP contribution in [0, 0.1) is 6.92 Å². The lowest BCUT2D eigenvalue weighted by atomic mass is 10.1. The molecule has 0 spiro atoms. The second-order valence-electron chi connectivity index (χ2n) is 4.61. The number of aryl methyl sites for hydroxylation is 1. The van der Waals surface area contributed by atoms with Crippen molar-refractivity contribution < 1.29 is 4.79 Å². The van der Waals surface area contributed by atoms with Gasteiger partial charge in [0.15, 0.2) is 0 Å². The summed E-state index contributed by atoms with van der Waals surface area (Å²) in [4.78, 5) is 15.8. The number of rotatable bonds is 5. The quantitative estimate of drug-likeness (QED) is 0.860. The summed E-state index contributed by atoms with van der Waals surface area (Å²) in [6, 6.07) is 8.27. The maximum absolute atomic E-state index is 11.3. The van der Waals surface area contributed by atoms with Gasteiger partial charge in [0.1, 0.15) is 5.38 Å². The van der Waals surface area contributed by atoms with Gasteiger partial charge in [-0.1, -0.05) is 24.3 Å². The van der Waals surface area contributed by atoms with Gasteiger partial charge in [-0.15, -0.1) is 22.9 Å². The van der Waals surface area contributed by atoms with E-state index in [0.29, 0.717) is 6.54 Å². The second kappa shape index (κ2) is 6.86. The van der Waals surface area contributed by atoms with Crippen LogP contribution in [0.4, 0.5) is 0 Å². The smallest absolute Gasteiger partial charge is 0.237 e. The zero-order chi connectivity index (χ0) is 14.5. The minimum atomic E-state index is -0.481. The lowest BCUT2D eigenvalue weighted by Gasteiger charge is -2.07. The number of benzene rings is 1. The summed E-state index contributed by atoms with van der Waals surface area (Å²) >= 11 is 7.33. The van der Waals surface area contributed by atoms with Gasteiger partial charge < -0.3 is 5.32 Å². The first-order chi connectivity index (χ1) is 9.56. The highest BCUT2D eigenvalue weighted by Gasteiger charge is 2.07. The average molecular weight is 309 g/mol. The van der Waals surface area contributed by atoms with Crippen molar-refractivity contribution in [1.82, 2.24) is 10.3 Å². The predicted molar refractivity (Wildman–Crippen MR) is 84.3 cm³/mol. The summed E-state index contributed by atoms with van der Waals surface area (Å²) < 4.78 is 0. The fraction of sp³-hybridized carbons (Fsp3) is 0.333. The molecule has 0 bridgehead atoms. The average Bonchev–Trinajstić information content (AvgIpc) is 2.86. The highest BCUT2D eigenvalue weighted by atomic mass is 35.5. The van der Waals surface area contributed by atoms with E-state index in [0.717, 1.165) is 22.7 Å². The van der Waals surface area contributed by atoms with E-state index in [9.17, 15) is 4.79 Å². The fourth-order valence-electron chi connectivity index (χ4n) is 1.81. The van der Waals surface area contributed by atoms with E-state index >= 15 is 0 Å². The summed E-state index contributed by atoms with van der Waals surface area (Å²) in [5, 5.41) is 5.45. The number of alkyl halides is 1. The van der Waals surface area contributed by atoms with Crippen LogP contribution in [0.3, 0.4) is 0 Å². The summed E-state index contributed by atoms with van der Waals surface area (Å²) in [7, 11) is 0. The molecule has 0 saturated carbocycles. The van der Waals surface area contributed by atoms with E-state index in [2.05, 4.69) is 39.9 Å². The zero-order valence-corrected chi connectivity index (χ0v) is 13.1. The molecule has 0 aliphatic rings. The highest BCUT2D eigenvalue weighted by molar-refractivity contribution is 7.09.